The van der Waals surface area contributed by atoms with Gasteiger partial charge < -0.3 is 10.1 Å². The van der Waals surface area contributed by atoms with E-state index in [0.717, 1.165) is 12.8 Å². The highest BCUT2D eigenvalue weighted by atomic mass is 16.6. The van der Waals surface area contributed by atoms with Gasteiger partial charge in [-0.3, -0.25) is 5.32 Å². The quantitative estimate of drug-likeness (QED) is 0.801. The first kappa shape index (κ1) is 15.8. The summed E-state index contributed by atoms with van der Waals surface area (Å²) in [4.78, 5) is 11.4. The molecule has 0 aromatic rings. The van der Waals surface area contributed by atoms with Gasteiger partial charge in [-0.25, -0.2) is 4.79 Å². The van der Waals surface area contributed by atoms with E-state index in [1.807, 2.05) is 20.8 Å². The maximum Gasteiger partial charge on any atom is 0.407 e. The van der Waals surface area contributed by atoms with Crippen LogP contribution in [0, 0.1) is 11.3 Å². The summed E-state index contributed by atoms with van der Waals surface area (Å²) >= 11 is 0. The molecule has 0 radical (unpaired) electrons. The molecule has 5 nitrogen and oxygen atoms in total. The SMILES string of the molecule is CC(C)(C)OC(=O)NCCC(C#N)NC1CCCC1. The number of nitrogens with zero attached hydrogens (tertiary/aromatic N) is 1. The Morgan fingerprint density at radius 1 is 1.42 bits per heavy atom. The van der Waals surface area contributed by atoms with Crippen LogP contribution in [0.15, 0.2) is 0 Å². The molecule has 108 valence electrons. The van der Waals surface area contributed by atoms with Crippen LogP contribution in [-0.2, 0) is 4.74 Å². The Morgan fingerprint density at radius 2 is 2.05 bits per heavy atom. The monoisotopic (exact) mass is 267 g/mol. The summed E-state index contributed by atoms with van der Waals surface area (Å²) in [5.41, 5.74) is -0.485. The molecule has 0 aromatic heterocycles. The van der Waals surface area contributed by atoms with Crippen LogP contribution in [0.2, 0.25) is 0 Å². The van der Waals surface area contributed by atoms with E-state index < -0.39 is 11.7 Å². The first-order valence-electron chi connectivity index (χ1n) is 7.03. The number of amides is 1. The highest BCUT2D eigenvalue weighted by Crippen LogP contribution is 2.18. The van der Waals surface area contributed by atoms with Crippen molar-refractivity contribution in [2.75, 3.05) is 6.54 Å². The second-order valence-electron chi connectivity index (χ2n) is 6.05. The van der Waals surface area contributed by atoms with Crippen molar-refractivity contribution in [3.05, 3.63) is 0 Å². The van der Waals surface area contributed by atoms with Gasteiger partial charge in [0.2, 0.25) is 0 Å². The lowest BCUT2D eigenvalue weighted by Gasteiger charge is -2.20. The first-order chi connectivity index (χ1) is 8.90. The number of alkyl carbamates (subject to hydrolysis) is 1. The number of ether oxygens (including phenoxy) is 1. The lowest BCUT2D eigenvalue weighted by atomic mass is 10.1. The molecule has 1 rings (SSSR count). The predicted molar refractivity (Wildman–Crippen MR) is 73.6 cm³/mol. The minimum atomic E-state index is -0.485. The third-order valence-corrected chi connectivity index (χ3v) is 3.05. The number of nitriles is 1. The maximum absolute atomic E-state index is 11.4. The van der Waals surface area contributed by atoms with Gasteiger partial charge in [-0.15, -0.1) is 0 Å². The van der Waals surface area contributed by atoms with Gasteiger partial charge >= 0.3 is 6.09 Å². The molecule has 0 aromatic carbocycles. The van der Waals surface area contributed by atoms with Gasteiger partial charge in [-0.1, -0.05) is 12.8 Å². The normalized spacial score (nSPS) is 17.8. The fourth-order valence-electron chi connectivity index (χ4n) is 2.19. The Labute approximate surface area is 115 Å². The Morgan fingerprint density at radius 3 is 2.58 bits per heavy atom. The number of hydrogen-bond acceptors (Lipinski definition) is 4. The van der Waals surface area contributed by atoms with E-state index in [0.29, 0.717) is 19.0 Å². The van der Waals surface area contributed by atoms with Crippen LogP contribution < -0.4 is 10.6 Å². The highest BCUT2D eigenvalue weighted by molar-refractivity contribution is 5.67. The van der Waals surface area contributed by atoms with Crippen molar-refractivity contribution < 1.29 is 9.53 Å². The second kappa shape index (κ2) is 7.34. The summed E-state index contributed by atoms with van der Waals surface area (Å²) in [6, 6.07) is 2.52. The smallest absolute Gasteiger partial charge is 0.407 e. The molecule has 1 fully saturated rings. The van der Waals surface area contributed by atoms with E-state index in [4.69, 9.17) is 10.00 Å². The number of carbonyl (C=O) groups is 1. The fraction of sp³-hybridized carbons (Fsp3) is 0.857. The molecule has 0 spiro atoms. The van der Waals surface area contributed by atoms with E-state index in [-0.39, 0.29) is 6.04 Å². The van der Waals surface area contributed by atoms with Crippen molar-refractivity contribution in [2.24, 2.45) is 0 Å². The molecule has 5 heteroatoms. The van der Waals surface area contributed by atoms with Gasteiger partial charge in [-0.05, 0) is 40.0 Å². The first-order valence-corrected chi connectivity index (χ1v) is 7.03. The third kappa shape index (κ3) is 7.02. The van der Waals surface area contributed by atoms with Gasteiger partial charge in [-0.2, -0.15) is 5.26 Å². The zero-order chi connectivity index (χ0) is 14.3. The summed E-state index contributed by atoms with van der Waals surface area (Å²) in [7, 11) is 0. The fourth-order valence-corrected chi connectivity index (χ4v) is 2.19. The van der Waals surface area contributed by atoms with Crippen LogP contribution in [-0.4, -0.2) is 30.3 Å². The molecule has 2 N–H and O–H groups in total. The van der Waals surface area contributed by atoms with Gasteiger partial charge in [0.25, 0.3) is 0 Å². The average molecular weight is 267 g/mol. The van der Waals surface area contributed by atoms with Crippen molar-refractivity contribution in [3.63, 3.8) is 0 Å². The number of carbonyl (C=O) groups excluding carboxylic acids is 1. The maximum atomic E-state index is 11.4. The molecule has 1 aliphatic rings. The molecule has 1 aliphatic carbocycles. The van der Waals surface area contributed by atoms with E-state index in [2.05, 4.69) is 16.7 Å². The molecule has 1 unspecified atom stereocenters. The molecule has 0 heterocycles. The van der Waals surface area contributed by atoms with Gasteiger partial charge in [0, 0.05) is 12.6 Å². The molecule has 0 bridgehead atoms. The van der Waals surface area contributed by atoms with Gasteiger partial charge in [0.15, 0.2) is 0 Å². The topological polar surface area (TPSA) is 74.1 Å². The summed E-state index contributed by atoms with van der Waals surface area (Å²) in [5, 5.41) is 15.1. The van der Waals surface area contributed by atoms with E-state index in [1.165, 1.54) is 12.8 Å². The molecule has 0 saturated heterocycles. The molecular formula is C14H25N3O2. The zero-order valence-corrected chi connectivity index (χ0v) is 12.2. The van der Waals surface area contributed by atoms with Gasteiger partial charge in [0.1, 0.15) is 5.60 Å². The van der Waals surface area contributed by atoms with Gasteiger partial charge in [0.05, 0.1) is 12.1 Å². The summed E-state index contributed by atoms with van der Waals surface area (Å²) in [6.07, 6.45) is 4.96. The largest absolute Gasteiger partial charge is 0.444 e. The van der Waals surface area contributed by atoms with Crippen molar-refractivity contribution in [2.45, 2.75) is 70.6 Å². The summed E-state index contributed by atoms with van der Waals surface area (Å²) in [5.74, 6) is 0. The highest BCUT2D eigenvalue weighted by Gasteiger charge is 2.19. The van der Waals surface area contributed by atoms with E-state index >= 15 is 0 Å². The van der Waals surface area contributed by atoms with E-state index in [1.54, 1.807) is 0 Å². The van der Waals surface area contributed by atoms with Crippen molar-refractivity contribution in [1.82, 2.24) is 10.6 Å². The van der Waals surface area contributed by atoms with Crippen LogP contribution in [0.25, 0.3) is 0 Å². The number of rotatable bonds is 5. The molecule has 1 atom stereocenters. The van der Waals surface area contributed by atoms with E-state index in [9.17, 15) is 4.79 Å². The lowest BCUT2D eigenvalue weighted by molar-refractivity contribution is 0.0526. The molecule has 19 heavy (non-hydrogen) atoms. The number of hydrogen-bond donors (Lipinski definition) is 2. The molecular weight excluding hydrogens is 242 g/mol. The Balaban J connectivity index is 2.19. The lowest BCUT2D eigenvalue weighted by Crippen LogP contribution is -2.39. The van der Waals surface area contributed by atoms with Crippen molar-refractivity contribution >= 4 is 6.09 Å². The Bertz CT molecular complexity index is 325. The molecule has 0 aliphatic heterocycles. The van der Waals surface area contributed by atoms with Crippen LogP contribution >= 0.6 is 0 Å². The summed E-state index contributed by atoms with van der Waals surface area (Å²) in [6.45, 7) is 5.93. The zero-order valence-electron chi connectivity index (χ0n) is 12.2. The van der Waals surface area contributed by atoms with Crippen LogP contribution in [0.5, 0.6) is 0 Å². The third-order valence-electron chi connectivity index (χ3n) is 3.05. The Hall–Kier alpha value is -1.28. The van der Waals surface area contributed by atoms with Crippen molar-refractivity contribution in [1.29, 1.82) is 5.26 Å². The minimum absolute atomic E-state index is 0.196. The number of nitrogens with one attached hydrogen (secondary N) is 2. The molecule has 1 saturated carbocycles. The predicted octanol–water partition coefficient (Wildman–Crippen LogP) is 2.33. The Kier molecular flexibility index (Phi) is 6.10. The summed E-state index contributed by atoms with van der Waals surface area (Å²) < 4.78 is 5.13. The van der Waals surface area contributed by atoms with Crippen molar-refractivity contribution in [3.8, 4) is 6.07 Å². The average Bonchev–Trinajstić information content (AvgIpc) is 2.78. The molecule has 1 amide bonds. The van der Waals surface area contributed by atoms with Crippen LogP contribution in [0.3, 0.4) is 0 Å². The van der Waals surface area contributed by atoms with Crippen LogP contribution in [0.4, 0.5) is 4.79 Å². The minimum Gasteiger partial charge on any atom is -0.444 e. The van der Waals surface area contributed by atoms with Crippen LogP contribution in [0.1, 0.15) is 52.9 Å². The second-order valence-corrected chi connectivity index (χ2v) is 6.05. The standard InChI is InChI=1S/C14H25N3O2/c1-14(2,3)19-13(18)16-9-8-12(10-15)17-11-6-4-5-7-11/h11-12,17H,4-9H2,1-3H3,(H,16,18).